The number of fused-ring (bicyclic) bond motifs is 1. The summed E-state index contributed by atoms with van der Waals surface area (Å²) >= 11 is 0. The van der Waals surface area contributed by atoms with Gasteiger partial charge in [0.25, 0.3) is 5.91 Å². The molecule has 1 amide bonds. The molecule has 0 fully saturated rings. The monoisotopic (exact) mass is 282 g/mol. The van der Waals surface area contributed by atoms with Crippen LogP contribution in [0.3, 0.4) is 0 Å². The third-order valence-corrected chi connectivity index (χ3v) is 3.54. The average Bonchev–Trinajstić information content (AvgIpc) is 2.53. The fraction of sp³-hybridized carbons (Fsp3) is 0.235. The normalized spacial score (nSPS) is 13.1. The number of hydrogen-bond acceptors (Lipinski definition) is 3. The van der Waals surface area contributed by atoms with Crippen molar-refractivity contribution in [2.45, 2.75) is 19.9 Å². The summed E-state index contributed by atoms with van der Waals surface area (Å²) in [6.07, 6.45) is 1.05. The average molecular weight is 282 g/mol. The Hall–Kier alpha value is -2.49. The first-order chi connectivity index (χ1) is 10.2. The number of amides is 1. The topological polar surface area (TPSA) is 50.4 Å². The van der Waals surface area contributed by atoms with Crippen LogP contribution in [0.2, 0.25) is 0 Å². The van der Waals surface area contributed by atoms with Crippen LogP contribution in [0.5, 0.6) is 5.75 Å². The van der Waals surface area contributed by atoms with Crippen LogP contribution in [0.25, 0.3) is 0 Å². The third kappa shape index (κ3) is 3.16. The number of carbonyl (C=O) groups is 1. The Kier molecular flexibility index (Phi) is 3.77. The van der Waals surface area contributed by atoms with Crippen molar-refractivity contribution >= 4 is 17.3 Å². The molecule has 0 radical (unpaired) electrons. The van der Waals surface area contributed by atoms with E-state index in [1.165, 1.54) is 11.1 Å². The summed E-state index contributed by atoms with van der Waals surface area (Å²) in [6, 6.07) is 14.3. The Morgan fingerprint density at radius 2 is 1.90 bits per heavy atom. The Morgan fingerprint density at radius 1 is 1.14 bits per heavy atom. The maximum Gasteiger partial charge on any atom is 0.262 e. The van der Waals surface area contributed by atoms with Crippen LogP contribution in [0.15, 0.2) is 42.5 Å². The van der Waals surface area contributed by atoms with E-state index in [-0.39, 0.29) is 12.5 Å². The maximum absolute atomic E-state index is 11.3. The third-order valence-electron chi connectivity index (χ3n) is 3.54. The van der Waals surface area contributed by atoms with E-state index in [0.717, 1.165) is 24.3 Å². The minimum atomic E-state index is -0.116. The van der Waals surface area contributed by atoms with E-state index in [1.807, 2.05) is 18.2 Å². The molecule has 4 heteroatoms. The van der Waals surface area contributed by atoms with Crippen LogP contribution in [-0.4, -0.2) is 12.5 Å². The van der Waals surface area contributed by atoms with Crippen LogP contribution in [0.4, 0.5) is 11.4 Å². The molecule has 0 bridgehead atoms. The zero-order valence-electron chi connectivity index (χ0n) is 12.0. The summed E-state index contributed by atoms with van der Waals surface area (Å²) in [4.78, 5) is 11.3. The molecular weight excluding hydrogens is 264 g/mol. The molecule has 4 nitrogen and oxygen atoms in total. The molecule has 0 saturated heterocycles. The van der Waals surface area contributed by atoms with Gasteiger partial charge in [0.2, 0.25) is 0 Å². The lowest BCUT2D eigenvalue weighted by atomic mass is 10.1. The zero-order valence-corrected chi connectivity index (χ0v) is 12.0. The second-order valence-electron chi connectivity index (χ2n) is 5.07. The first-order valence-corrected chi connectivity index (χ1v) is 7.13. The molecule has 0 saturated carbocycles. The summed E-state index contributed by atoms with van der Waals surface area (Å²) in [5, 5.41) is 6.17. The summed E-state index contributed by atoms with van der Waals surface area (Å²) < 4.78 is 5.34. The molecule has 3 rings (SSSR count). The molecule has 0 atom stereocenters. The Labute approximate surface area is 124 Å². The van der Waals surface area contributed by atoms with Crippen molar-refractivity contribution in [3.8, 4) is 5.75 Å². The number of nitrogens with one attached hydrogen (secondary N) is 2. The van der Waals surface area contributed by atoms with Gasteiger partial charge >= 0.3 is 0 Å². The molecule has 2 N–H and O–H groups in total. The van der Waals surface area contributed by atoms with Crippen molar-refractivity contribution in [2.75, 3.05) is 17.2 Å². The number of ether oxygens (including phenoxy) is 1. The van der Waals surface area contributed by atoms with Gasteiger partial charge < -0.3 is 15.4 Å². The summed E-state index contributed by atoms with van der Waals surface area (Å²) in [5.74, 6) is 0.599. The van der Waals surface area contributed by atoms with Crippen molar-refractivity contribution < 1.29 is 9.53 Å². The molecular formula is C17H18N2O2. The quantitative estimate of drug-likeness (QED) is 0.905. The van der Waals surface area contributed by atoms with E-state index in [9.17, 15) is 4.79 Å². The highest BCUT2D eigenvalue weighted by molar-refractivity contribution is 5.96. The number of benzene rings is 2. The van der Waals surface area contributed by atoms with Gasteiger partial charge in [-0.3, -0.25) is 4.79 Å². The van der Waals surface area contributed by atoms with Gasteiger partial charge in [-0.1, -0.05) is 31.2 Å². The fourth-order valence-electron chi connectivity index (χ4n) is 2.29. The molecule has 0 spiro atoms. The van der Waals surface area contributed by atoms with Gasteiger partial charge in [-0.2, -0.15) is 0 Å². The van der Waals surface area contributed by atoms with Crippen molar-refractivity contribution in [2.24, 2.45) is 0 Å². The second-order valence-corrected chi connectivity index (χ2v) is 5.07. The lowest BCUT2D eigenvalue weighted by Gasteiger charge is -2.19. The predicted molar refractivity (Wildman–Crippen MR) is 83.7 cm³/mol. The van der Waals surface area contributed by atoms with E-state index >= 15 is 0 Å². The minimum absolute atomic E-state index is 0.0869. The molecule has 1 aliphatic heterocycles. The van der Waals surface area contributed by atoms with Crippen LogP contribution in [0, 0.1) is 0 Å². The first-order valence-electron chi connectivity index (χ1n) is 7.13. The lowest BCUT2D eigenvalue weighted by Crippen LogP contribution is -2.25. The molecule has 21 heavy (non-hydrogen) atoms. The van der Waals surface area contributed by atoms with Gasteiger partial charge in [0, 0.05) is 12.2 Å². The van der Waals surface area contributed by atoms with E-state index in [0.29, 0.717) is 5.75 Å². The van der Waals surface area contributed by atoms with Crippen molar-refractivity contribution in [3.63, 3.8) is 0 Å². The molecule has 1 heterocycles. The van der Waals surface area contributed by atoms with Crippen molar-refractivity contribution in [1.29, 1.82) is 0 Å². The largest absolute Gasteiger partial charge is 0.482 e. The van der Waals surface area contributed by atoms with Crippen LogP contribution in [0.1, 0.15) is 18.1 Å². The molecule has 1 aliphatic rings. The lowest BCUT2D eigenvalue weighted by molar-refractivity contribution is -0.118. The van der Waals surface area contributed by atoms with Gasteiger partial charge in [0.05, 0.1) is 5.69 Å². The first kappa shape index (κ1) is 13.5. The van der Waals surface area contributed by atoms with Crippen molar-refractivity contribution in [3.05, 3.63) is 53.6 Å². The van der Waals surface area contributed by atoms with Crippen LogP contribution in [-0.2, 0) is 17.8 Å². The maximum atomic E-state index is 11.3. The summed E-state index contributed by atoms with van der Waals surface area (Å²) in [5.41, 5.74) is 4.24. The van der Waals surface area contributed by atoms with Gasteiger partial charge in [-0.15, -0.1) is 0 Å². The smallest absolute Gasteiger partial charge is 0.262 e. The number of aryl methyl sites for hydroxylation is 1. The summed E-state index contributed by atoms with van der Waals surface area (Å²) in [7, 11) is 0. The molecule has 0 unspecified atom stereocenters. The molecule has 0 aliphatic carbocycles. The Morgan fingerprint density at radius 3 is 2.67 bits per heavy atom. The van der Waals surface area contributed by atoms with Crippen LogP contribution >= 0.6 is 0 Å². The van der Waals surface area contributed by atoms with Crippen LogP contribution < -0.4 is 15.4 Å². The predicted octanol–water partition coefficient (Wildman–Crippen LogP) is 3.19. The van der Waals surface area contributed by atoms with E-state index < -0.39 is 0 Å². The number of hydrogen-bond donors (Lipinski definition) is 2. The Balaban J connectivity index is 1.67. The van der Waals surface area contributed by atoms with Crippen molar-refractivity contribution in [1.82, 2.24) is 0 Å². The standard InChI is InChI=1S/C17H18N2O2/c1-2-12-3-5-13(6-4-12)10-18-14-7-8-16-15(9-14)19-17(20)11-21-16/h3-9,18H,2,10-11H2,1H3,(H,19,20). The summed E-state index contributed by atoms with van der Waals surface area (Å²) in [6.45, 7) is 2.98. The Bertz CT molecular complexity index is 650. The fourth-order valence-corrected chi connectivity index (χ4v) is 2.29. The van der Waals surface area contributed by atoms with Gasteiger partial charge in [0.15, 0.2) is 6.61 Å². The molecule has 2 aromatic rings. The van der Waals surface area contributed by atoms with E-state index in [4.69, 9.17) is 4.74 Å². The highest BCUT2D eigenvalue weighted by Crippen LogP contribution is 2.30. The number of carbonyl (C=O) groups excluding carboxylic acids is 1. The number of rotatable bonds is 4. The highest BCUT2D eigenvalue weighted by Gasteiger charge is 2.15. The SMILES string of the molecule is CCc1ccc(CNc2ccc3c(c2)NC(=O)CO3)cc1. The number of anilines is 2. The van der Waals surface area contributed by atoms with Gasteiger partial charge in [-0.05, 0) is 35.7 Å². The molecule has 108 valence electrons. The van der Waals surface area contributed by atoms with E-state index in [2.05, 4.69) is 41.8 Å². The second kappa shape index (κ2) is 5.87. The molecule has 2 aromatic carbocycles. The van der Waals surface area contributed by atoms with E-state index in [1.54, 1.807) is 0 Å². The van der Waals surface area contributed by atoms with Gasteiger partial charge in [-0.25, -0.2) is 0 Å². The minimum Gasteiger partial charge on any atom is -0.482 e. The zero-order chi connectivity index (χ0) is 14.7. The highest BCUT2D eigenvalue weighted by atomic mass is 16.5. The van der Waals surface area contributed by atoms with Gasteiger partial charge in [0.1, 0.15) is 5.75 Å². The molecule has 0 aromatic heterocycles.